The molecule has 1 aromatic rings. The molecule has 5 aliphatic rings. The number of aromatic hydroxyl groups is 1. The molecule has 9 atom stereocenters. The van der Waals surface area contributed by atoms with Gasteiger partial charge in [0.2, 0.25) is 5.78 Å². The SMILES string of the molecule is CO[C@@H]1C=CO[C@@]2(C)Oc3c(C)c(O)c4c(c3C2=O)C(=O)C=C(NC(=O)C(C)=CC=C[C@H](C)[C@H]2OC(C)(C)O[C@@H]([C@H](C)[C@H](O)[C@H]1C)[C@@H]2C)C4=O. The number of Topliss-reactive ketones (excluding diaryl/α,β-unsaturated/α-hetero) is 2. The van der Waals surface area contributed by atoms with Crippen molar-refractivity contribution in [2.45, 2.75) is 98.3 Å². The summed E-state index contributed by atoms with van der Waals surface area (Å²) in [7, 11) is 1.49. The van der Waals surface area contributed by atoms with Crippen LogP contribution in [0.25, 0.3) is 0 Å². The van der Waals surface area contributed by atoms with E-state index >= 15 is 0 Å². The van der Waals surface area contributed by atoms with Crippen LogP contribution in [0, 0.1) is 30.6 Å². The molecule has 1 saturated heterocycles. The fourth-order valence-corrected chi connectivity index (χ4v) is 7.31. The zero-order valence-corrected chi connectivity index (χ0v) is 30.2. The van der Waals surface area contributed by atoms with Crippen LogP contribution in [0.15, 0.2) is 47.9 Å². The minimum atomic E-state index is -1.97. The van der Waals surface area contributed by atoms with Gasteiger partial charge in [0.1, 0.15) is 11.5 Å². The molecule has 1 aliphatic carbocycles. The van der Waals surface area contributed by atoms with Crippen LogP contribution in [0.1, 0.15) is 92.0 Å². The lowest BCUT2D eigenvalue weighted by Gasteiger charge is -2.49. The number of allylic oxidation sites excluding steroid dienone is 4. The number of nitrogens with one attached hydrogen (secondary N) is 1. The molecule has 12 nitrogen and oxygen atoms in total. The Morgan fingerprint density at radius 2 is 1.54 bits per heavy atom. The maximum Gasteiger partial charge on any atom is 0.312 e. The summed E-state index contributed by atoms with van der Waals surface area (Å²) in [6.07, 6.45) is 6.70. The zero-order valence-electron chi connectivity index (χ0n) is 30.2. The van der Waals surface area contributed by atoms with Crippen molar-refractivity contribution >= 4 is 23.3 Å². The molecule has 1 fully saturated rings. The number of carbonyl (C=O) groups excluding carboxylic acids is 4. The highest BCUT2D eigenvalue weighted by molar-refractivity contribution is 6.30. The highest BCUT2D eigenvalue weighted by Gasteiger charge is 2.52. The zero-order chi connectivity index (χ0) is 37.0. The van der Waals surface area contributed by atoms with Crippen LogP contribution in [0.4, 0.5) is 0 Å². The number of aliphatic hydroxyl groups is 1. The molecule has 4 heterocycles. The molecule has 0 saturated carbocycles. The summed E-state index contributed by atoms with van der Waals surface area (Å²) in [6, 6.07) is 0. The molecule has 270 valence electrons. The number of rotatable bonds is 1. The topological polar surface area (TPSA) is 167 Å². The average molecular weight is 694 g/mol. The third kappa shape index (κ3) is 6.45. The van der Waals surface area contributed by atoms with Crippen molar-refractivity contribution in [2.75, 3.05) is 7.11 Å². The van der Waals surface area contributed by atoms with Crippen molar-refractivity contribution in [1.82, 2.24) is 5.32 Å². The van der Waals surface area contributed by atoms with Gasteiger partial charge in [-0.1, -0.05) is 45.9 Å². The van der Waals surface area contributed by atoms with Gasteiger partial charge in [0.15, 0.2) is 11.6 Å². The maximum atomic E-state index is 13.9. The van der Waals surface area contributed by atoms with Gasteiger partial charge in [-0.05, 0) is 33.8 Å². The Balaban J connectivity index is 1.59. The molecule has 1 aromatic carbocycles. The molecule has 0 unspecified atom stereocenters. The number of fused-ring (bicyclic) bond motifs is 10. The van der Waals surface area contributed by atoms with Crippen LogP contribution >= 0.6 is 0 Å². The van der Waals surface area contributed by atoms with E-state index < -0.39 is 64.3 Å². The molecule has 50 heavy (non-hydrogen) atoms. The van der Waals surface area contributed by atoms with Gasteiger partial charge >= 0.3 is 5.79 Å². The van der Waals surface area contributed by atoms with Crippen molar-refractivity contribution in [3.63, 3.8) is 0 Å². The van der Waals surface area contributed by atoms with Gasteiger partial charge < -0.3 is 39.2 Å². The standard InChI is InChI=1S/C38H47NO11/c1-17-12-11-13-18(2)36(45)39-23-16-24(40)26-27(31(23)43)30(42)21(5)34-28(26)35(44)38(9,50-34)47-15-14-25(46-10)19(3)29(41)20(4)33-22(6)32(17)48-37(7,8)49-33/h11-17,19-20,22,25,29,32-33,41-42H,1-10H3,(H,39,45)/t17-,19-,20+,22+,25+,29+,32+,33-,38-/m0/s1. The largest absolute Gasteiger partial charge is 0.507 e. The number of hydrogen-bond acceptors (Lipinski definition) is 11. The quantitative estimate of drug-likeness (QED) is 0.368. The van der Waals surface area contributed by atoms with Gasteiger partial charge in [0.05, 0.1) is 53.1 Å². The number of phenols is 1. The molecule has 3 N–H and O–H groups in total. The molecule has 0 aromatic heterocycles. The van der Waals surface area contributed by atoms with Crippen LogP contribution in [-0.2, 0) is 23.7 Å². The van der Waals surface area contributed by atoms with E-state index in [1.54, 1.807) is 25.2 Å². The first-order valence-electron chi connectivity index (χ1n) is 16.8. The number of benzene rings is 1. The van der Waals surface area contributed by atoms with Crippen LogP contribution in [0.2, 0.25) is 0 Å². The summed E-state index contributed by atoms with van der Waals surface area (Å²) in [4.78, 5) is 54.2. The summed E-state index contributed by atoms with van der Waals surface area (Å²) < 4.78 is 30.3. The van der Waals surface area contributed by atoms with Gasteiger partial charge in [0.25, 0.3) is 11.7 Å². The fourth-order valence-electron chi connectivity index (χ4n) is 7.31. The summed E-state index contributed by atoms with van der Waals surface area (Å²) >= 11 is 0. The molecule has 1 amide bonds. The molecule has 12 heteroatoms. The molecule has 0 spiro atoms. The van der Waals surface area contributed by atoms with Crippen molar-refractivity contribution in [3.8, 4) is 11.5 Å². The highest BCUT2D eigenvalue weighted by atomic mass is 16.7. The van der Waals surface area contributed by atoms with Crippen LogP contribution in [0.5, 0.6) is 11.5 Å². The lowest BCUT2D eigenvalue weighted by atomic mass is 9.77. The Labute approximate surface area is 292 Å². The van der Waals surface area contributed by atoms with Crippen molar-refractivity contribution in [3.05, 3.63) is 70.2 Å². The second kappa shape index (κ2) is 13.6. The summed E-state index contributed by atoms with van der Waals surface area (Å²) in [5, 5.41) is 25.3. The van der Waals surface area contributed by atoms with Crippen molar-refractivity contribution in [2.24, 2.45) is 23.7 Å². The smallest absolute Gasteiger partial charge is 0.312 e. The van der Waals surface area contributed by atoms with E-state index in [9.17, 15) is 29.4 Å². The van der Waals surface area contributed by atoms with Crippen LogP contribution < -0.4 is 10.1 Å². The molecule has 6 rings (SSSR count). The lowest BCUT2D eigenvalue weighted by Crippen LogP contribution is -2.56. The molecule has 7 bridgehead atoms. The van der Waals surface area contributed by atoms with Gasteiger partial charge in [0, 0.05) is 54.9 Å². The van der Waals surface area contributed by atoms with Gasteiger partial charge in [-0.3, -0.25) is 19.2 Å². The predicted molar refractivity (Wildman–Crippen MR) is 182 cm³/mol. The summed E-state index contributed by atoms with van der Waals surface area (Å²) in [5.74, 6) is -7.63. The van der Waals surface area contributed by atoms with E-state index in [0.29, 0.717) is 0 Å². The number of carbonyl (C=O) groups is 4. The Hall–Kier alpha value is -4.10. The second-order valence-electron chi connectivity index (χ2n) is 14.4. The number of ether oxygens (including phenoxy) is 5. The minimum absolute atomic E-state index is 0.0484. The minimum Gasteiger partial charge on any atom is -0.507 e. The summed E-state index contributed by atoms with van der Waals surface area (Å²) in [6.45, 7) is 15.8. The monoisotopic (exact) mass is 693 g/mol. The Kier molecular flexibility index (Phi) is 10.1. The van der Waals surface area contributed by atoms with Gasteiger partial charge in [-0.15, -0.1) is 0 Å². The van der Waals surface area contributed by atoms with E-state index in [-0.39, 0.29) is 63.7 Å². The first kappa shape index (κ1) is 37.2. The number of amides is 1. The van der Waals surface area contributed by atoms with Crippen molar-refractivity contribution in [1.29, 1.82) is 0 Å². The Morgan fingerprint density at radius 3 is 2.20 bits per heavy atom. The van der Waals surface area contributed by atoms with E-state index in [4.69, 9.17) is 23.7 Å². The molecular weight excluding hydrogens is 646 g/mol. The Morgan fingerprint density at radius 1 is 0.880 bits per heavy atom. The van der Waals surface area contributed by atoms with Crippen LogP contribution in [0.3, 0.4) is 0 Å². The fraction of sp³-hybridized carbons (Fsp3) is 0.526. The number of methoxy groups -OCH3 is 1. The van der Waals surface area contributed by atoms with Gasteiger partial charge in [-0.25, -0.2) is 0 Å². The van der Waals surface area contributed by atoms with E-state index in [2.05, 4.69) is 5.32 Å². The maximum absolute atomic E-state index is 13.9. The lowest BCUT2D eigenvalue weighted by molar-refractivity contribution is -0.336. The first-order valence-corrected chi connectivity index (χ1v) is 16.8. The number of phenolic OH excluding ortho intramolecular Hbond substituents is 1. The third-order valence-corrected chi connectivity index (χ3v) is 10.3. The highest BCUT2D eigenvalue weighted by Crippen LogP contribution is 2.48. The van der Waals surface area contributed by atoms with Crippen LogP contribution in [-0.4, -0.2) is 76.6 Å². The molecule has 4 aliphatic heterocycles. The van der Waals surface area contributed by atoms with E-state index in [1.165, 1.54) is 27.2 Å². The Bertz CT molecular complexity index is 1740. The second-order valence-corrected chi connectivity index (χ2v) is 14.4. The van der Waals surface area contributed by atoms with Crippen molar-refractivity contribution < 1.29 is 53.1 Å². The number of ketones is 3. The average Bonchev–Trinajstić information content (AvgIpc) is 3.32. The number of hydrogen-bond donors (Lipinski definition) is 3. The summed E-state index contributed by atoms with van der Waals surface area (Å²) in [5.41, 5.74) is -1.00. The van der Waals surface area contributed by atoms with E-state index in [1.807, 2.05) is 47.6 Å². The third-order valence-electron chi connectivity index (χ3n) is 10.3. The van der Waals surface area contributed by atoms with Gasteiger partial charge in [-0.2, -0.15) is 0 Å². The molecule has 0 radical (unpaired) electrons. The predicted octanol–water partition coefficient (Wildman–Crippen LogP) is 4.86. The first-order chi connectivity index (χ1) is 23.3. The molecular formula is C38H47NO11. The normalized spacial score (nSPS) is 34.5. The van der Waals surface area contributed by atoms with E-state index in [0.717, 1.165) is 6.08 Å². The number of aliphatic hydroxyl groups excluding tert-OH is 1.